The van der Waals surface area contributed by atoms with E-state index in [0.717, 1.165) is 52.1 Å². The van der Waals surface area contributed by atoms with Crippen molar-refractivity contribution in [1.82, 2.24) is 0 Å². The van der Waals surface area contributed by atoms with E-state index in [1.807, 2.05) is 0 Å². The molecule has 24 heavy (non-hydrogen) atoms. The van der Waals surface area contributed by atoms with Crippen molar-refractivity contribution in [2.45, 2.75) is 37.5 Å². The van der Waals surface area contributed by atoms with Crippen molar-refractivity contribution in [3.63, 3.8) is 0 Å². The molecule has 0 amide bonds. The van der Waals surface area contributed by atoms with Gasteiger partial charge in [0.15, 0.2) is 0 Å². The van der Waals surface area contributed by atoms with Crippen LogP contribution in [0.25, 0.3) is 11.1 Å². The first-order valence-electron chi connectivity index (χ1n) is 9.26. The number of hydrogen-bond acceptors (Lipinski definition) is 2. The first-order chi connectivity index (χ1) is 11.9. The molecule has 2 aliphatic heterocycles. The largest absolute Gasteiger partial charge is 0.381 e. The maximum atomic E-state index is 5.47. The summed E-state index contributed by atoms with van der Waals surface area (Å²) in [6.07, 6.45) is 4.61. The van der Waals surface area contributed by atoms with Crippen LogP contribution in [0, 0.1) is 0 Å². The SMILES string of the molecule is c1cc(C2CCOCC2)ccc1-c1ccc(C2CCOCC2)cc1. The van der Waals surface area contributed by atoms with Crippen LogP contribution in [0.1, 0.15) is 48.6 Å². The van der Waals surface area contributed by atoms with Crippen LogP contribution in [0.2, 0.25) is 0 Å². The highest BCUT2D eigenvalue weighted by Crippen LogP contribution is 2.31. The standard InChI is InChI=1S/C22H26O2/c1-5-19(21-9-13-23-14-10-21)6-2-17(1)18-3-7-20(8-4-18)22-11-15-24-16-12-22/h1-8,21-22H,9-16H2. The molecule has 2 aliphatic rings. The Kier molecular flexibility index (Phi) is 4.96. The molecule has 0 unspecified atom stereocenters. The smallest absolute Gasteiger partial charge is 0.0471 e. The predicted octanol–water partition coefficient (Wildman–Crippen LogP) is 5.14. The van der Waals surface area contributed by atoms with Crippen LogP contribution in [-0.2, 0) is 9.47 Å². The molecule has 2 heteroatoms. The predicted molar refractivity (Wildman–Crippen MR) is 97.5 cm³/mol. The second-order valence-electron chi connectivity index (χ2n) is 7.02. The molecule has 2 heterocycles. The molecule has 0 spiro atoms. The van der Waals surface area contributed by atoms with Crippen LogP contribution >= 0.6 is 0 Å². The van der Waals surface area contributed by atoms with Gasteiger partial charge in [0, 0.05) is 26.4 Å². The van der Waals surface area contributed by atoms with Crippen molar-refractivity contribution in [3.8, 4) is 11.1 Å². The Morgan fingerprint density at radius 3 is 1.17 bits per heavy atom. The molecule has 126 valence electrons. The molecule has 0 atom stereocenters. The van der Waals surface area contributed by atoms with E-state index in [4.69, 9.17) is 9.47 Å². The summed E-state index contributed by atoms with van der Waals surface area (Å²) >= 11 is 0. The van der Waals surface area contributed by atoms with Crippen molar-refractivity contribution in [2.75, 3.05) is 26.4 Å². The van der Waals surface area contributed by atoms with Crippen molar-refractivity contribution >= 4 is 0 Å². The van der Waals surface area contributed by atoms with E-state index >= 15 is 0 Å². The molecule has 0 saturated carbocycles. The minimum absolute atomic E-state index is 0.670. The highest BCUT2D eigenvalue weighted by Gasteiger charge is 2.17. The summed E-state index contributed by atoms with van der Waals surface area (Å²) in [5, 5.41) is 0. The van der Waals surface area contributed by atoms with Gasteiger partial charge in [-0.15, -0.1) is 0 Å². The third kappa shape index (κ3) is 3.55. The summed E-state index contributed by atoms with van der Waals surface area (Å²) in [4.78, 5) is 0. The highest BCUT2D eigenvalue weighted by atomic mass is 16.5. The van der Waals surface area contributed by atoms with Gasteiger partial charge in [-0.3, -0.25) is 0 Å². The molecular formula is C22H26O2. The average Bonchev–Trinajstić information content (AvgIpc) is 2.70. The van der Waals surface area contributed by atoms with Gasteiger partial charge in [-0.25, -0.2) is 0 Å². The van der Waals surface area contributed by atoms with E-state index in [-0.39, 0.29) is 0 Å². The van der Waals surface area contributed by atoms with Crippen molar-refractivity contribution < 1.29 is 9.47 Å². The number of rotatable bonds is 3. The van der Waals surface area contributed by atoms with E-state index in [2.05, 4.69) is 48.5 Å². The zero-order valence-electron chi connectivity index (χ0n) is 14.2. The third-order valence-electron chi connectivity index (χ3n) is 5.54. The quantitative estimate of drug-likeness (QED) is 0.779. The number of benzene rings is 2. The normalized spacial score (nSPS) is 20.2. The molecular weight excluding hydrogens is 296 g/mol. The first kappa shape index (κ1) is 15.9. The molecule has 2 aromatic rings. The molecule has 0 N–H and O–H groups in total. The summed E-state index contributed by atoms with van der Waals surface area (Å²) in [5.74, 6) is 1.34. The zero-order valence-corrected chi connectivity index (χ0v) is 14.2. The van der Waals surface area contributed by atoms with E-state index < -0.39 is 0 Å². The van der Waals surface area contributed by atoms with Crippen LogP contribution < -0.4 is 0 Å². The van der Waals surface area contributed by atoms with Gasteiger partial charge >= 0.3 is 0 Å². The fraction of sp³-hybridized carbons (Fsp3) is 0.455. The molecule has 0 aromatic heterocycles. The Hall–Kier alpha value is -1.64. The Bertz CT molecular complexity index is 573. The third-order valence-corrected chi connectivity index (χ3v) is 5.54. The molecule has 2 aromatic carbocycles. The van der Waals surface area contributed by atoms with Crippen LogP contribution in [0.4, 0.5) is 0 Å². The second-order valence-corrected chi connectivity index (χ2v) is 7.02. The van der Waals surface area contributed by atoms with Gasteiger partial charge in [0.05, 0.1) is 0 Å². The fourth-order valence-corrected chi connectivity index (χ4v) is 3.96. The Labute approximate surface area is 144 Å². The fourth-order valence-electron chi connectivity index (χ4n) is 3.96. The van der Waals surface area contributed by atoms with Crippen LogP contribution in [-0.4, -0.2) is 26.4 Å². The van der Waals surface area contributed by atoms with Crippen LogP contribution in [0.5, 0.6) is 0 Å². The topological polar surface area (TPSA) is 18.5 Å². The molecule has 2 fully saturated rings. The van der Waals surface area contributed by atoms with Crippen molar-refractivity contribution in [2.24, 2.45) is 0 Å². The first-order valence-corrected chi connectivity index (χ1v) is 9.26. The van der Waals surface area contributed by atoms with Crippen LogP contribution in [0.3, 0.4) is 0 Å². The maximum Gasteiger partial charge on any atom is 0.0471 e. The van der Waals surface area contributed by atoms with Gasteiger partial charge in [-0.2, -0.15) is 0 Å². The summed E-state index contributed by atoms with van der Waals surface area (Å²) in [6, 6.07) is 18.3. The van der Waals surface area contributed by atoms with E-state index in [1.165, 1.54) is 22.3 Å². The monoisotopic (exact) mass is 322 g/mol. The molecule has 2 nitrogen and oxygen atoms in total. The second kappa shape index (κ2) is 7.50. The minimum atomic E-state index is 0.670. The average molecular weight is 322 g/mol. The van der Waals surface area contributed by atoms with Crippen molar-refractivity contribution in [1.29, 1.82) is 0 Å². The van der Waals surface area contributed by atoms with Gasteiger partial charge in [-0.05, 0) is 59.8 Å². The molecule has 4 rings (SSSR count). The molecule has 2 saturated heterocycles. The number of hydrogen-bond donors (Lipinski definition) is 0. The van der Waals surface area contributed by atoms with E-state index in [9.17, 15) is 0 Å². The Morgan fingerprint density at radius 2 is 0.833 bits per heavy atom. The van der Waals surface area contributed by atoms with Crippen molar-refractivity contribution in [3.05, 3.63) is 59.7 Å². The molecule has 0 aliphatic carbocycles. The van der Waals surface area contributed by atoms with Gasteiger partial charge < -0.3 is 9.47 Å². The van der Waals surface area contributed by atoms with Gasteiger partial charge in [0.25, 0.3) is 0 Å². The minimum Gasteiger partial charge on any atom is -0.381 e. The summed E-state index contributed by atoms with van der Waals surface area (Å²) in [7, 11) is 0. The van der Waals surface area contributed by atoms with Gasteiger partial charge in [0.2, 0.25) is 0 Å². The summed E-state index contributed by atoms with van der Waals surface area (Å²) < 4.78 is 10.9. The zero-order chi connectivity index (χ0) is 16.2. The van der Waals surface area contributed by atoms with E-state index in [1.54, 1.807) is 0 Å². The highest BCUT2D eigenvalue weighted by molar-refractivity contribution is 5.64. The van der Waals surface area contributed by atoms with Gasteiger partial charge in [-0.1, -0.05) is 48.5 Å². The lowest BCUT2D eigenvalue weighted by Gasteiger charge is -2.23. The lowest BCUT2D eigenvalue weighted by atomic mass is 9.89. The lowest BCUT2D eigenvalue weighted by molar-refractivity contribution is 0.0852. The van der Waals surface area contributed by atoms with E-state index in [0.29, 0.717) is 11.8 Å². The van der Waals surface area contributed by atoms with Crippen LogP contribution in [0.15, 0.2) is 48.5 Å². The maximum absolute atomic E-state index is 5.47. The molecule has 0 bridgehead atoms. The summed E-state index contributed by atoms with van der Waals surface area (Å²) in [5.41, 5.74) is 5.54. The summed E-state index contributed by atoms with van der Waals surface area (Å²) in [6.45, 7) is 3.61. The van der Waals surface area contributed by atoms with Gasteiger partial charge in [0.1, 0.15) is 0 Å². The Balaban J connectivity index is 1.47. The Morgan fingerprint density at radius 1 is 0.500 bits per heavy atom. The number of ether oxygens (including phenoxy) is 2. The molecule has 0 radical (unpaired) electrons. The lowest BCUT2D eigenvalue weighted by Crippen LogP contribution is -2.14.